The molecule has 2 heterocycles. The molecular weight excluding hydrogens is 234 g/mol. The molecular formula is C12H11N3O3. The quantitative estimate of drug-likeness (QED) is 0.830. The lowest BCUT2D eigenvalue weighted by Crippen LogP contribution is -2.25. The van der Waals surface area contributed by atoms with Gasteiger partial charge < -0.3 is 14.3 Å². The van der Waals surface area contributed by atoms with Crippen LogP contribution in [0.4, 0.5) is 0 Å². The number of nitrogens with zero attached hydrogens (tertiary/aromatic N) is 2. The molecule has 0 saturated carbocycles. The molecule has 0 aliphatic carbocycles. The SMILES string of the molecule is Cc1noc(-c2ccco2)c1C(=O)NCCC#N. The Labute approximate surface area is 103 Å². The molecule has 6 nitrogen and oxygen atoms in total. The van der Waals surface area contributed by atoms with Crippen molar-refractivity contribution in [2.45, 2.75) is 13.3 Å². The Balaban J connectivity index is 2.25. The molecule has 0 spiro atoms. The van der Waals surface area contributed by atoms with Crippen LogP contribution in [-0.2, 0) is 0 Å². The smallest absolute Gasteiger partial charge is 0.257 e. The van der Waals surface area contributed by atoms with Crippen LogP contribution in [0, 0.1) is 18.3 Å². The van der Waals surface area contributed by atoms with Crippen molar-refractivity contribution in [3.63, 3.8) is 0 Å². The van der Waals surface area contributed by atoms with E-state index in [0.717, 1.165) is 0 Å². The van der Waals surface area contributed by atoms with Crippen molar-refractivity contribution in [3.05, 3.63) is 29.7 Å². The summed E-state index contributed by atoms with van der Waals surface area (Å²) in [6, 6.07) is 5.34. The zero-order valence-electron chi connectivity index (χ0n) is 9.77. The number of carbonyl (C=O) groups excluding carboxylic acids is 1. The minimum atomic E-state index is -0.324. The summed E-state index contributed by atoms with van der Waals surface area (Å²) in [6.45, 7) is 1.96. The van der Waals surface area contributed by atoms with Gasteiger partial charge in [-0.1, -0.05) is 5.16 Å². The van der Waals surface area contributed by atoms with Crippen molar-refractivity contribution in [2.75, 3.05) is 6.54 Å². The molecule has 2 rings (SSSR count). The van der Waals surface area contributed by atoms with Gasteiger partial charge in [0.2, 0.25) is 5.76 Å². The molecule has 0 bridgehead atoms. The number of nitrogens with one attached hydrogen (secondary N) is 1. The molecule has 0 unspecified atom stereocenters. The molecule has 1 amide bonds. The van der Waals surface area contributed by atoms with Gasteiger partial charge in [-0.15, -0.1) is 0 Å². The number of carbonyl (C=O) groups is 1. The number of rotatable bonds is 4. The summed E-state index contributed by atoms with van der Waals surface area (Å²) in [5.41, 5.74) is 0.818. The summed E-state index contributed by atoms with van der Waals surface area (Å²) in [7, 11) is 0. The van der Waals surface area contributed by atoms with Gasteiger partial charge in [-0.3, -0.25) is 4.79 Å². The second-order valence-electron chi connectivity index (χ2n) is 3.61. The lowest BCUT2D eigenvalue weighted by molar-refractivity contribution is 0.0954. The van der Waals surface area contributed by atoms with E-state index in [-0.39, 0.29) is 18.9 Å². The van der Waals surface area contributed by atoms with Gasteiger partial charge in [0.05, 0.1) is 24.4 Å². The molecule has 0 aromatic carbocycles. The second kappa shape index (κ2) is 5.19. The predicted molar refractivity (Wildman–Crippen MR) is 61.5 cm³/mol. The van der Waals surface area contributed by atoms with Gasteiger partial charge in [0, 0.05) is 6.54 Å². The van der Waals surface area contributed by atoms with Crippen LogP contribution in [0.1, 0.15) is 22.5 Å². The number of nitriles is 1. The van der Waals surface area contributed by atoms with Gasteiger partial charge in [-0.25, -0.2) is 0 Å². The molecule has 1 N–H and O–H groups in total. The number of aryl methyl sites for hydroxylation is 1. The van der Waals surface area contributed by atoms with E-state index in [1.165, 1.54) is 6.26 Å². The molecule has 92 valence electrons. The van der Waals surface area contributed by atoms with Crippen LogP contribution >= 0.6 is 0 Å². The van der Waals surface area contributed by atoms with Gasteiger partial charge in [0.25, 0.3) is 5.91 Å². The average molecular weight is 245 g/mol. The summed E-state index contributed by atoms with van der Waals surface area (Å²) in [6.07, 6.45) is 1.75. The van der Waals surface area contributed by atoms with Crippen LogP contribution in [0.5, 0.6) is 0 Å². The normalized spacial score (nSPS) is 10.0. The van der Waals surface area contributed by atoms with E-state index in [2.05, 4.69) is 10.5 Å². The summed E-state index contributed by atoms with van der Waals surface area (Å²) in [5.74, 6) is 0.420. The zero-order chi connectivity index (χ0) is 13.0. The second-order valence-corrected chi connectivity index (χ2v) is 3.61. The van der Waals surface area contributed by atoms with Gasteiger partial charge in [0.1, 0.15) is 5.56 Å². The Morgan fingerprint density at radius 1 is 1.61 bits per heavy atom. The van der Waals surface area contributed by atoms with Gasteiger partial charge in [-0.05, 0) is 19.1 Å². The van der Waals surface area contributed by atoms with E-state index in [4.69, 9.17) is 14.2 Å². The van der Waals surface area contributed by atoms with Crippen LogP contribution < -0.4 is 5.32 Å². The molecule has 0 saturated heterocycles. The topological polar surface area (TPSA) is 92.1 Å². The van der Waals surface area contributed by atoms with E-state index in [0.29, 0.717) is 22.8 Å². The summed E-state index contributed by atoms with van der Waals surface area (Å²) >= 11 is 0. The molecule has 0 atom stereocenters. The highest BCUT2D eigenvalue weighted by Gasteiger charge is 2.22. The zero-order valence-corrected chi connectivity index (χ0v) is 9.77. The first-order chi connectivity index (χ1) is 8.74. The Hall–Kier alpha value is -2.55. The lowest BCUT2D eigenvalue weighted by atomic mass is 10.1. The largest absolute Gasteiger partial charge is 0.461 e. The Morgan fingerprint density at radius 3 is 3.11 bits per heavy atom. The number of hydrogen-bond donors (Lipinski definition) is 1. The maximum Gasteiger partial charge on any atom is 0.257 e. The molecule has 2 aromatic heterocycles. The summed E-state index contributed by atoms with van der Waals surface area (Å²) in [4.78, 5) is 12.0. The third kappa shape index (κ3) is 2.25. The Kier molecular flexibility index (Phi) is 3.44. The fourth-order valence-corrected chi connectivity index (χ4v) is 1.53. The molecule has 6 heteroatoms. The Bertz CT molecular complexity index is 578. The van der Waals surface area contributed by atoms with Crippen LogP contribution in [-0.4, -0.2) is 17.6 Å². The fourth-order valence-electron chi connectivity index (χ4n) is 1.53. The molecule has 0 radical (unpaired) electrons. The van der Waals surface area contributed by atoms with E-state index in [1.807, 2.05) is 6.07 Å². The van der Waals surface area contributed by atoms with Crippen molar-refractivity contribution in [1.82, 2.24) is 10.5 Å². The van der Waals surface area contributed by atoms with Crippen LogP contribution in [0.3, 0.4) is 0 Å². The maximum absolute atomic E-state index is 12.0. The molecule has 0 fully saturated rings. The highest BCUT2D eigenvalue weighted by atomic mass is 16.5. The van der Waals surface area contributed by atoms with Crippen molar-refractivity contribution < 1.29 is 13.7 Å². The first-order valence-electron chi connectivity index (χ1n) is 5.39. The third-order valence-electron chi connectivity index (χ3n) is 2.36. The number of furan rings is 1. The molecule has 0 aliphatic heterocycles. The van der Waals surface area contributed by atoms with Crippen molar-refractivity contribution in [2.24, 2.45) is 0 Å². The van der Waals surface area contributed by atoms with Crippen LogP contribution in [0.2, 0.25) is 0 Å². The van der Waals surface area contributed by atoms with Crippen molar-refractivity contribution in [1.29, 1.82) is 5.26 Å². The molecule has 2 aromatic rings. The van der Waals surface area contributed by atoms with Crippen molar-refractivity contribution >= 4 is 5.91 Å². The van der Waals surface area contributed by atoms with E-state index >= 15 is 0 Å². The number of aromatic nitrogens is 1. The van der Waals surface area contributed by atoms with E-state index in [1.54, 1.807) is 19.1 Å². The third-order valence-corrected chi connectivity index (χ3v) is 2.36. The maximum atomic E-state index is 12.0. The first-order valence-corrected chi connectivity index (χ1v) is 5.39. The van der Waals surface area contributed by atoms with Gasteiger partial charge in [-0.2, -0.15) is 5.26 Å². The van der Waals surface area contributed by atoms with Crippen LogP contribution in [0.25, 0.3) is 11.5 Å². The minimum absolute atomic E-state index is 0.256. The molecule has 18 heavy (non-hydrogen) atoms. The minimum Gasteiger partial charge on any atom is -0.461 e. The highest BCUT2D eigenvalue weighted by Crippen LogP contribution is 2.26. The van der Waals surface area contributed by atoms with E-state index < -0.39 is 0 Å². The van der Waals surface area contributed by atoms with E-state index in [9.17, 15) is 4.79 Å². The highest BCUT2D eigenvalue weighted by molar-refractivity contribution is 6.00. The number of amides is 1. The van der Waals surface area contributed by atoms with Crippen LogP contribution in [0.15, 0.2) is 27.3 Å². The summed E-state index contributed by atoms with van der Waals surface area (Å²) < 4.78 is 10.3. The Morgan fingerprint density at radius 2 is 2.44 bits per heavy atom. The summed E-state index contributed by atoms with van der Waals surface area (Å²) in [5, 5.41) is 14.8. The fraction of sp³-hybridized carbons (Fsp3) is 0.250. The van der Waals surface area contributed by atoms with Gasteiger partial charge in [0.15, 0.2) is 5.76 Å². The first kappa shape index (κ1) is 11.9. The van der Waals surface area contributed by atoms with Crippen molar-refractivity contribution in [3.8, 4) is 17.6 Å². The monoisotopic (exact) mass is 245 g/mol. The lowest BCUT2D eigenvalue weighted by Gasteiger charge is -2.01. The van der Waals surface area contributed by atoms with Gasteiger partial charge >= 0.3 is 0 Å². The average Bonchev–Trinajstić information content (AvgIpc) is 2.97. The molecule has 0 aliphatic rings. The predicted octanol–water partition coefficient (Wildman–Crippen LogP) is 1.89. The number of hydrogen-bond acceptors (Lipinski definition) is 5. The standard InChI is InChI=1S/C12H11N3O3/c1-8-10(12(16)14-6-3-5-13)11(18-15-8)9-4-2-7-17-9/h2,4,7H,3,6H2,1H3,(H,14,16).